The number of likely N-dealkylation sites (tertiary alicyclic amines) is 1. The first-order chi connectivity index (χ1) is 17.2. The molecule has 0 bridgehead atoms. The molecule has 1 aliphatic rings. The molecule has 0 radical (unpaired) electrons. The van der Waals surface area contributed by atoms with Gasteiger partial charge in [-0.15, -0.1) is 0 Å². The van der Waals surface area contributed by atoms with E-state index in [1.54, 1.807) is 18.2 Å². The summed E-state index contributed by atoms with van der Waals surface area (Å²) in [6.45, 7) is 4.77. The zero-order valence-corrected chi connectivity index (χ0v) is 19.8. The number of piperidine rings is 1. The molecule has 0 spiro atoms. The second-order valence-corrected chi connectivity index (χ2v) is 9.55. The Morgan fingerprint density at radius 1 is 0.714 bits per heavy atom. The largest absolute Gasteiger partial charge is 0.508 e. The van der Waals surface area contributed by atoms with E-state index in [1.165, 1.54) is 37.9 Å². The van der Waals surface area contributed by atoms with Crippen molar-refractivity contribution in [3.05, 3.63) is 78.4 Å². The number of nitrogens with zero attached hydrogens (tertiary/aromatic N) is 2. The topological polar surface area (TPSA) is 57.9 Å². The molecule has 6 rings (SSSR count). The van der Waals surface area contributed by atoms with E-state index in [1.807, 2.05) is 24.3 Å². The van der Waals surface area contributed by atoms with E-state index in [-0.39, 0.29) is 11.5 Å². The van der Waals surface area contributed by atoms with E-state index in [4.69, 9.17) is 4.74 Å². The maximum absolute atomic E-state index is 10.2. The Morgan fingerprint density at radius 3 is 2.29 bits per heavy atom. The second-order valence-electron chi connectivity index (χ2n) is 9.55. The van der Waals surface area contributed by atoms with Crippen molar-refractivity contribution in [2.24, 2.45) is 0 Å². The molecule has 0 unspecified atom stereocenters. The highest BCUT2D eigenvalue weighted by molar-refractivity contribution is 6.18. The lowest BCUT2D eigenvalue weighted by Gasteiger charge is -2.26. The first-order valence-electron chi connectivity index (χ1n) is 12.5. The number of benzene rings is 4. The van der Waals surface area contributed by atoms with Gasteiger partial charge in [0.25, 0.3) is 0 Å². The van der Waals surface area contributed by atoms with Crippen LogP contribution in [0.25, 0.3) is 32.6 Å². The fourth-order valence-electron chi connectivity index (χ4n) is 5.42. The fraction of sp³-hybridized carbons (Fsp3) is 0.267. The zero-order valence-electron chi connectivity index (χ0n) is 19.8. The van der Waals surface area contributed by atoms with Crippen LogP contribution in [0.2, 0.25) is 0 Å². The Balaban J connectivity index is 1.31. The van der Waals surface area contributed by atoms with Gasteiger partial charge in [-0.05, 0) is 85.4 Å². The van der Waals surface area contributed by atoms with Gasteiger partial charge in [0.15, 0.2) is 0 Å². The summed E-state index contributed by atoms with van der Waals surface area (Å²) in [6.07, 6.45) is 3.95. The van der Waals surface area contributed by atoms with Gasteiger partial charge in [-0.3, -0.25) is 4.90 Å². The van der Waals surface area contributed by atoms with Crippen LogP contribution >= 0.6 is 0 Å². The molecule has 0 aliphatic carbocycles. The fourth-order valence-corrected chi connectivity index (χ4v) is 5.42. The van der Waals surface area contributed by atoms with Crippen LogP contribution in [0.4, 0.5) is 0 Å². The monoisotopic (exact) mass is 466 g/mol. The predicted molar refractivity (Wildman–Crippen MR) is 142 cm³/mol. The summed E-state index contributed by atoms with van der Waals surface area (Å²) in [4.78, 5) is 2.49. The van der Waals surface area contributed by atoms with Crippen molar-refractivity contribution in [1.82, 2.24) is 9.47 Å². The van der Waals surface area contributed by atoms with E-state index in [2.05, 4.69) is 39.8 Å². The molecule has 5 nitrogen and oxygen atoms in total. The maximum atomic E-state index is 10.2. The van der Waals surface area contributed by atoms with E-state index >= 15 is 0 Å². The molecule has 0 saturated carbocycles. The molecule has 1 aliphatic heterocycles. The molecule has 1 saturated heterocycles. The number of phenols is 2. The molecule has 0 atom stereocenters. The number of ether oxygens (including phenoxy) is 1. The van der Waals surface area contributed by atoms with Gasteiger partial charge in [-0.2, -0.15) is 0 Å². The van der Waals surface area contributed by atoms with Crippen molar-refractivity contribution in [3.8, 4) is 17.2 Å². The van der Waals surface area contributed by atoms with Crippen LogP contribution < -0.4 is 4.74 Å². The summed E-state index contributed by atoms with van der Waals surface area (Å²) >= 11 is 0. The van der Waals surface area contributed by atoms with Crippen LogP contribution in [0.15, 0.2) is 72.8 Å². The van der Waals surface area contributed by atoms with Crippen molar-refractivity contribution in [2.75, 3.05) is 26.2 Å². The number of rotatable bonds is 6. The molecular formula is C30H30N2O3. The third-order valence-electron chi connectivity index (χ3n) is 7.19. The minimum absolute atomic E-state index is 0.257. The number of aromatic hydroxyl groups is 2. The Morgan fingerprint density at radius 2 is 1.46 bits per heavy atom. The third-order valence-corrected chi connectivity index (χ3v) is 7.19. The molecule has 2 N–H and O–H groups in total. The second kappa shape index (κ2) is 9.16. The van der Waals surface area contributed by atoms with E-state index in [0.717, 1.165) is 44.9 Å². The predicted octanol–water partition coefficient (Wildman–Crippen LogP) is 6.27. The molecule has 1 aromatic heterocycles. The van der Waals surface area contributed by atoms with E-state index in [0.29, 0.717) is 13.2 Å². The van der Waals surface area contributed by atoms with Gasteiger partial charge in [-0.25, -0.2) is 0 Å². The lowest BCUT2D eigenvalue weighted by molar-refractivity contribution is 0.183. The maximum Gasteiger partial charge on any atom is 0.119 e. The quantitative estimate of drug-likeness (QED) is 0.310. The molecule has 5 aromatic rings. The van der Waals surface area contributed by atoms with Crippen LogP contribution in [0.1, 0.15) is 24.8 Å². The summed E-state index contributed by atoms with van der Waals surface area (Å²) in [7, 11) is 0. The first-order valence-corrected chi connectivity index (χ1v) is 12.5. The average Bonchev–Trinajstić information content (AvgIpc) is 3.18. The van der Waals surface area contributed by atoms with Crippen LogP contribution in [0.5, 0.6) is 17.2 Å². The number of fused-ring (bicyclic) bond motifs is 5. The third kappa shape index (κ3) is 4.28. The minimum atomic E-state index is 0.257. The normalized spacial score (nSPS) is 14.7. The van der Waals surface area contributed by atoms with Crippen molar-refractivity contribution in [2.45, 2.75) is 25.8 Å². The highest BCUT2D eigenvalue weighted by atomic mass is 16.5. The van der Waals surface area contributed by atoms with Gasteiger partial charge in [0.1, 0.15) is 23.9 Å². The van der Waals surface area contributed by atoms with Crippen LogP contribution in [-0.4, -0.2) is 45.9 Å². The molecule has 4 aromatic carbocycles. The summed E-state index contributed by atoms with van der Waals surface area (Å²) < 4.78 is 8.32. The van der Waals surface area contributed by atoms with Gasteiger partial charge in [0.05, 0.1) is 5.52 Å². The lowest BCUT2D eigenvalue weighted by Crippen LogP contribution is -2.33. The van der Waals surface area contributed by atoms with E-state index < -0.39 is 0 Å². The summed E-state index contributed by atoms with van der Waals surface area (Å²) in [5, 5.41) is 24.3. The van der Waals surface area contributed by atoms with Gasteiger partial charge >= 0.3 is 0 Å². The van der Waals surface area contributed by atoms with Gasteiger partial charge in [0, 0.05) is 34.8 Å². The number of phenolic OH excluding ortho intramolecular Hbond substituents is 2. The molecule has 1 fully saturated rings. The molecule has 178 valence electrons. The standard InChI is InChI=1S/C30H30N2O3/c33-23-7-12-26-22(18-23)6-11-27-28-19-24(34)8-13-29(28)32(30(26)27)20-21-4-9-25(10-5-21)35-17-16-31-14-2-1-3-15-31/h4-13,18-19,33-34H,1-3,14-17,20H2. The SMILES string of the molecule is Oc1ccc2c(ccc3c4cc(O)ccc4n(Cc4ccc(OCCN5CCCCC5)cc4)c23)c1. The number of aromatic nitrogens is 1. The van der Waals surface area contributed by atoms with Gasteiger partial charge in [-0.1, -0.05) is 30.7 Å². The Bertz CT molecular complexity index is 1500. The Hall–Kier alpha value is -3.70. The summed E-state index contributed by atoms with van der Waals surface area (Å²) in [6, 6.07) is 23.5. The van der Waals surface area contributed by atoms with Crippen molar-refractivity contribution in [1.29, 1.82) is 0 Å². The first kappa shape index (κ1) is 21.8. The molecule has 0 amide bonds. The smallest absolute Gasteiger partial charge is 0.119 e. The van der Waals surface area contributed by atoms with Gasteiger partial charge in [0.2, 0.25) is 0 Å². The van der Waals surface area contributed by atoms with Gasteiger partial charge < -0.3 is 19.5 Å². The van der Waals surface area contributed by atoms with Crippen molar-refractivity contribution in [3.63, 3.8) is 0 Å². The molecule has 2 heterocycles. The Labute approximate surface area is 204 Å². The van der Waals surface area contributed by atoms with Crippen molar-refractivity contribution < 1.29 is 14.9 Å². The number of hydrogen-bond acceptors (Lipinski definition) is 4. The lowest BCUT2D eigenvalue weighted by atomic mass is 10.1. The highest BCUT2D eigenvalue weighted by Crippen LogP contribution is 2.37. The molecule has 35 heavy (non-hydrogen) atoms. The number of hydrogen-bond donors (Lipinski definition) is 2. The minimum Gasteiger partial charge on any atom is -0.508 e. The van der Waals surface area contributed by atoms with Crippen molar-refractivity contribution >= 4 is 32.6 Å². The summed E-state index contributed by atoms with van der Waals surface area (Å²) in [5.74, 6) is 1.42. The van der Waals surface area contributed by atoms with Crippen LogP contribution in [0.3, 0.4) is 0 Å². The summed E-state index contributed by atoms with van der Waals surface area (Å²) in [5.41, 5.74) is 3.35. The zero-order chi connectivity index (χ0) is 23.8. The average molecular weight is 467 g/mol. The highest BCUT2D eigenvalue weighted by Gasteiger charge is 2.15. The van der Waals surface area contributed by atoms with Crippen LogP contribution in [0, 0.1) is 0 Å². The molecule has 5 heteroatoms. The van der Waals surface area contributed by atoms with Crippen LogP contribution in [-0.2, 0) is 6.54 Å². The Kier molecular flexibility index (Phi) is 5.71. The molecular weight excluding hydrogens is 436 g/mol. The van der Waals surface area contributed by atoms with E-state index in [9.17, 15) is 10.2 Å².